The highest BCUT2D eigenvalue weighted by atomic mass is 14.2. The standard InChI is InChI=1S/2C12H18/c2*1-9-7-6-8-10(2)11(9)12(3,4)5/h2*6-8H,1-5H3. The van der Waals surface area contributed by atoms with E-state index >= 15 is 0 Å². The lowest BCUT2D eigenvalue weighted by atomic mass is 9.81. The molecule has 0 atom stereocenters. The van der Waals surface area contributed by atoms with Crippen molar-refractivity contribution in [2.45, 2.75) is 80.1 Å². The molecule has 24 heavy (non-hydrogen) atoms. The average Bonchev–Trinajstić information content (AvgIpc) is 2.35. The zero-order valence-corrected chi connectivity index (χ0v) is 17.5. The second-order valence-electron chi connectivity index (χ2n) is 9.03. The zero-order valence-electron chi connectivity index (χ0n) is 17.5. The van der Waals surface area contributed by atoms with Crippen LogP contribution in [0.15, 0.2) is 36.4 Å². The third-order valence-electron chi connectivity index (χ3n) is 4.46. The highest BCUT2D eigenvalue weighted by molar-refractivity contribution is 5.39. The quantitative estimate of drug-likeness (QED) is 0.480. The fourth-order valence-electron chi connectivity index (χ4n) is 3.99. The zero-order chi connectivity index (χ0) is 18.7. The van der Waals surface area contributed by atoms with Gasteiger partial charge in [-0.1, -0.05) is 77.9 Å². The molecule has 0 amide bonds. The Bertz CT molecular complexity index is 574. The summed E-state index contributed by atoms with van der Waals surface area (Å²) in [7, 11) is 0. The highest BCUT2D eigenvalue weighted by Gasteiger charge is 2.18. The molecule has 0 aliphatic rings. The third-order valence-corrected chi connectivity index (χ3v) is 4.46. The first-order valence-corrected chi connectivity index (χ1v) is 8.99. The molecule has 0 bridgehead atoms. The summed E-state index contributed by atoms with van der Waals surface area (Å²) in [5.41, 5.74) is 9.15. The molecule has 0 aliphatic carbocycles. The van der Waals surface area contributed by atoms with Gasteiger partial charge in [-0.25, -0.2) is 0 Å². The molecule has 0 aromatic heterocycles. The summed E-state index contributed by atoms with van der Waals surface area (Å²) in [6.07, 6.45) is 0. The summed E-state index contributed by atoms with van der Waals surface area (Å²) in [5.74, 6) is 0. The molecule has 0 fully saturated rings. The van der Waals surface area contributed by atoms with Crippen LogP contribution in [0.2, 0.25) is 0 Å². The van der Waals surface area contributed by atoms with Crippen molar-refractivity contribution in [2.24, 2.45) is 0 Å². The fraction of sp³-hybridized carbons (Fsp3) is 0.500. The molecule has 0 heterocycles. The van der Waals surface area contributed by atoms with Gasteiger partial charge in [0.15, 0.2) is 0 Å². The Morgan fingerprint density at radius 2 is 0.667 bits per heavy atom. The first kappa shape index (κ1) is 20.5. The van der Waals surface area contributed by atoms with Gasteiger partial charge in [0.2, 0.25) is 0 Å². The van der Waals surface area contributed by atoms with Crippen LogP contribution in [0.4, 0.5) is 0 Å². The Morgan fingerprint density at radius 3 is 0.792 bits per heavy atom. The van der Waals surface area contributed by atoms with E-state index in [4.69, 9.17) is 0 Å². The number of aryl methyl sites for hydroxylation is 4. The molecular weight excluding hydrogens is 288 g/mol. The lowest BCUT2D eigenvalue weighted by Crippen LogP contribution is -2.14. The summed E-state index contributed by atoms with van der Waals surface area (Å²) < 4.78 is 0. The Kier molecular flexibility index (Phi) is 6.45. The smallest absolute Gasteiger partial charge is 0.0127 e. The predicted octanol–water partition coefficient (Wildman–Crippen LogP) is 7.20. The summed E-state index contributed by atoms with van der Waals surface area (Å²) in [4.78, 5) is 0. The molecule has 2 aromatic carbocycles. The van der Waals surface area contributed by atoms with Crippen LogP contribution >= 0.6 is 0 Å². The van der Waals surface area contributed by atoms with Crippen LogP contribution in [-0.4, -0.2) is 0 Å². The highest BCUT2D eigenvalue weighted by Crippen LogP contribution is 2.29. The van der Waals surface area contributed by atoms with Crippen LogP contribution in [0.25, 0.3) is 0 Å². The van der Waals surface area contributed by atoms with Crippen LogP contribution in [0.3, 0.4) is 0 Å². The van der Waals surface area contributed by atoms with Gasteiger partial charge in [0.25, 0.3) is 0 Å². The number of hydrogen-bond donors (Lipinski definition) is 0. The van der Waals surface area contributed by atoms with E-state index < -0.39 is 0 Å². The van der Waals surface area contributed by atoms with Crippen LogP contribution < -0.4 is 0 Å². The number of rotatable bonds is 0. The molecule has 2 rings (SSSR count). The average molecular weight is 325 g/mol. The minimum Gasteiger partial charge on any atom is -0.0617 e. The van der Waals surface area contributed by atoms with E-state index in [0.29, 0.717) is 0 Å². The molecule has 0 N–H and O–H groups in total. The monoisotopic (exact) mass is 324 g/mol. The first-order chi connectivity index (χ1) is 10.9. The van der Waals surface area contributed by atoms with Gasteiger partial charge in [0.1, 0.15) is 0 Å². The summed E-state index contributed by atoms with van der Waals surface area (Å²) in [6.45, 7) is 22.3. The molecule has 0 spiro atoms. The Hall–Kier alpha value is -1.56. The van der Waals surface area contributed by atoms with E-state index in [1.807, 2.05) is 0 Å². The van der Waals surface area contributed by atoms with E-state index in [0.717, 1.165) is 0 Å². The fourth-order valence-corrected chi connectivity index (χ4v) is 3.99. The SMILES string of the molecule is Cc1cccc(C)c1C(C)(C)C.Cc1cccc(C)c1C(C)(C)C. The minimum absolute atomic E-state index is 0.273. The van der Waals surface area contributed by atoms with Gasteiger partial charge < -0.3 is 0 Å². The maximum atomic E-state index is 2.27. The van der Waals surface area contributed by atoms with Crippen LogP contribution in [0, 0.1) is 27.7 Å². The molecule has 0 radical (unpaired) electrons. The molecule has 2 aromatic rings. The van der Waals surface area contributed by atoms with Gasteiger partial charge >= 0.3 is 0 Å². The second kappa shape index (κ2) is 7.55. The predicted molar refractivity (Wildman–Crippen MR) is 109 cm³/mol. The van der Waals surface area contributed by atoms with Gasteiger partial charge in [0.05, 0.1) is 0 Å². The van der Waals surface area contributed by atoms with Gasteiger partial charge in [-0.05, 0) is 71.9 Å². The van der Waals surface area contributed by atoms with Gasteiger partial charge in [-0.2, -0.15) is 0 Å². The van der Waals surface area contributed by atoms with Gasteiger partial charge in [-0.15, -0.1) is 0 Å². The molecule has 0 unspecified atom stereocenters. The van der Waals surface area contributed by atoms with Crippen molar-refractivity contribution in [3.8, 4) is 0 Å². The molecule has 0 saturated heterocycles. The van der Waals surface area contributed by atoms with Crippen LogP contribution in [0.5, 0.6) is 0 Å². The maximum Gasteiger partial charge on any atom is -0.0127 e. The molecule has 132 valence electrons. The van der Waals surface area contributed by atoms with Crippen molar-refractivity contribution in [3.63, 3.8) is 0 Å². The first-order valence-electron chi connectivity index (χ1n) is 8.99. The third kappa shape index (κ3) is 5.23. The summed E-state index contributed by atoms with van der Waals surface area (Å²) in [6, 6.07) is 13.0. The normalized spacial score (nSPS) is 11.8. The largest absolute Gasteiger partial charge is 0.0617 e. The van der Waals surface area contributed by atoms with Crippen molar-refractivity contribution < 1.29 is 0 Å². The Balaban J connectivity index is 0.000000240. The van der Waals surface area contributed by atoms with Crippen LogP contribution in [-0.2, 0) is 10.8 Å². The number of benzene rings is 2. The van der Waals surface area contributed by atoms with Crippen molar-refractivity contribution >= 4 is 0 Å². The molecular formula is C24H36. The number of hydrogen-bond acceptors (Lipinski definition) is 0. The van der Waals surface area contributed by atoms with Crippen LogP contribution in [0.1, 0.15) is 74.9 Å². The van der Waals surface area contributed by atoms with Crippen molar-refractivity contribution in [1.29, 1.82) is 0 Å². The van der Waals surface area contributed by atoms with E-state index in [1.165, 1.54) is 33.4 Å². The minimum atomic E-state index is 0.273. The van der Waals surface area contributed by atoms with Gasteiger partial charge in [0, 0.05) is 0 Å². The molecule has 0 nitrogen and oxygen atoms in total. The Morgan fingerprint density at radius 1 is 0.458 bits per heavy atom. The maximum absolute atomic E-state index is 2.27. The molecule has 0 saturated carbocycles. The lowest BCUT2D eigenvalue weighted by Gasteiger charge is -2.23. The summed E-state index contributed by atoms with van der Waals surface area (Å²) >= 11 is 0. The topological polar surface area (TPSA) is 0 Å². The van der Waals surface area contributed by atoms with Crippen molar-refractivity contribution in [1.82, 2.24) is 0 Å². The second-order valence-corrected chi connectivity index (χ2v) is 9.03. The van der Waals surface area contributed by atoms with E-state index in [1.54, 1.807) is 0 Å². The summed E-state index contributed by atoms with van der Waals surface area (Å²) in [5, 5.41) is 0. The lowest BCUT2D eigenvalue weighted by molar-refractivity contribution is 0.581. The van der Waals surface area contributed by atoms with E-state index in [-0.39, 0.29) is 10.8 Å². The van der Waals surface area contributed by atoms with Crippen molar-refractivity contribution in [2.75, 3.05) is 0 Å². The molecule has 0 heteroatoms. The Labute approximate surface area is 150 Å². The molecule has 0 aliphatic heterocycles. The van der Waals surface area contributed by atoms with Crippen molar-refractivity contribution in [3.05, 3.63) is 69.8 Å². The van der Waals surface area contributed by atoms with E-state index in [2.05, 4.69) is 106 Å². The van der Waals surface area contributed by atoms with Gasteiger partial charge in [-0.3, -0.25) is 0 Å². The van der Waals surface area contributed by atoms with E-state index in [9.17, 15) is 0 Å².